The van der Waals surface area contributed by atoms with Crippen molar-refractivity contribution < 1.29 is 58.7 Å². The zero-order valence-corrected chi connectivity index (χ0v) is 29.8. The van der Waals surface area contributed by atoms with Gasteiger partial charge in [0.05, 0.1) is 29.0 Å². The SMILES string of the molecule is O=S(Cl)c1ccc(I)cc1.O=S(N[C@H]1C(O)O[C@H](CO)[C@@H](O)[C@@H]1O)c1ccc(I)cc1.OC[C@H]1OC(O)[C@H](NCl)[C@@H](O)[C@@H]1O. The lowest BCUT2D eigenvalue weighted by atomic mass is 9.98. The highest BCUT2D eigenvalue weighted by Crippen LogP contribution is 2.22. The first kappa shape index (κ1) is 40.5. The molecule has 2 heterocycles. The van der Waals surface area contributed by atoms with Gasteiger partial charge in [-0.3, -0.25) is 0 Å². The molecular formula is C24H32Cl2I2N2O12S2. The summed E-state index contributed by atoms with van der Waals surface area (Å²) in [4.78, 5) is 3.21. The second-order valence-corrected chi connectivity index (χ2v) is 14.8. The fourth-order valence-electron chi connectivity index (χ4n) is 3.73. The second-order valence-electron chi connectivity index (χ2n) is 9.14. The Kier molecular flexibility index (Phi) is 18.4. The van der Waals surface area contributed by atoms with E-state index in [-0.39, 0.29) is 0 Å². The van der Waals surface area contributed by atoms with Gasteiger partial charge >= 0.3 is 0 Å². The van der Waals surface area contributed by atoms with Crippen LogP contribution in [-0.2, 0) is 30.5 Å². The van der Waals surface area contributed by atoms with Crippen LogP contribution in [0.1, 0.15) is 0 Å². The lowest BCUT2D eigenvalue weighted by molar-refractivity contribution is -0.251. The predicted molar refractivity (Wildman–Crippen MR) is 177 cm³/mol. The van der Waals surface area contributed by atoms with E-state index < -0.39 is 95.5 Å². The number of rotatable bonds is 7. The average molecular weight is 929 g/mol. The molecule has 2 fully saturated rings. The summed E-state index contributed by atoms with van der Waals surface area (Å²) in [5.41, 5.74) is 0. The second kappa shape index (κ2) is 20.0. The molecule has 44 heavy (non-hydrogen) atoms. The van der Waals surface area contributed by atoms with E-state index in [9.17, 15) is 39.1 Å². The van der Waals surface area contributed by atoms with Gasteiger partial charge in [-0.25, -0.2) is 18.0 Å². The highest BCUT2D eigenvalue weighted by molar-refractivity contribution is 14.1. The molecule has 2 aromatic rings. The third-order valence-corrected chi connectivity index (χ3v) is 10.3. The molecular weight excluding hydrogens is 897 g/mol. The van der Waals surface area contributed by atoms with Crippen LogP contribution in [0, 0.1) is 7.14 Å². The van der Waals surface area contributed by atoms with Crippen molar-refractivity contribution in [1.82, 2.24) is 9.56 Å². The van der Waals surface area contributed by atoms with Crippen LogP contribution in [0.5, 0.6) is 0 Å². The van der Waals surface area contributed by atoms with Crippen LogP contribution in [0.4, 0.5) is 0 Å². The standard InChI is InChI=1S/C12H16INO6S.C6H4ClIOS.C6H12ClNO5/c13-6-1-3-7(4-2-6)21(19)14-9-11(17)10(16)8(5-15)20-12(9)18;7-10(9)6-3-1-5(8)2-4-6;7-8-3-5(11)4(10)2(1-9)13-6(3)12/h1-4,8-12,14-18H,5H2;1-4H;2-6,8-12H,1H2/t8-,9-,10-,11-,12?,21?;;2-,3-,4-,5-,6?/m1.1/s1. The monoisotopic (exact) mass is 928 g/mol. The molecule has 0 aromatic heterocycles. The number of nitrogens with one attached hydrogen (secondary N) is 2. The van der Waals surface area contributed by atoms with Crippen LogP contribution < -0.4 is 9.56 Å². The van der Waals surface area contributed by atoms with Crippen molar-refractivity contribution in [2.24, 2.45) is 0 Å². The maximum Gasteiger partial charge on any atom is 0.174 e. The topological polar surface area (TPSA) is 238 Å². The molecule has 10 N–H and O–H groups in total. The van der Waals surface area contributed by atoms with E-state index in [4.69, 9.17) is 42.1 Å². The van der Waals surface area contributed by atoms with Gasteiger partial charge in [0.1, 0.15) is 63.7 Å². The van der Waals surface area contributed by atoms with E-state index in [0.29, 0.717) is 9.79 Å². The molecule has 0 saturated carbocycles. The van der Waals surface area contributed by atoms with Crippen molar-refractivity contribution in [3.8, 4) is 0 Å². The summed E-state index contributed by atoms with van der Waals surface area (Å²) in [5.74, 6) is 0. The first-order valence-corrected chi connectivity index (χ1v) is 18.2. The summed E-state index contributed by atoms with van der Waals surface area (Å²) in [7, 11) is 2.27. The molecule has 0 bridgehead atoms. The largest absolute Gasteiger partial charge is 0.394 e. The van der Waals surface area contributed by atoms with Gasteiger partial charge in [0, 0.05) is 7.14 Å². The highest BCUT2D eigenvalue weighted by atomic mass is 127. The number of aliphatic hydroxyl groups is 8. The average Bonchev–Trinajstić information content (AvgIpc) is 3.00. The van der Waals surface area contributed by atoms with E-state index >= 15 is 0 Å². The maximum atomic E-state index is 12.2. The number of ether oxygens (including phenoxy) is 2. The van der Waals surface area contributed by atoms with E-state index in [1.165, 1.54) is 0 Å². The molecule has 4 unspecified atom stereocenters. The third kappa shape index (κ3) is 11.8. The lowest BCUT2D eigenvalue weighted by Gasteiger charge is -2.40. The highest BCUT2D eigenvalue weighted by Gasteiger charge is 2.45. The van der Waals surface area contributed by atoms with Crippen LogP contribution in [0.3, 0.4) is 0 Å². The van der Waals surface area contributed by atoms with E-state index in [1.54, 1.807) is 36.4 Å². The minimum Gasteiger partial charge on any atom is -0.394 e. The molecule has 4 rings (SSSR count). The molecule has 0 aliphatic carbocycles. The van der Waals surface area contributed by atoms with E-state index in [0.717, 1.165) is 7.14 Å². The molecule has 14 nitrogen and oxygen atoms in total. The van der Waals surface area contributed by atoms with Gasteiger partial charge in [0.15, 0.2) is 12.6 Å². The number of halogens is 4. The Hall–Kier alpha value is 0.300. The quantitative estimate of drug-likeness (QED) is 0.0893. The predicted octanol–water partition coefficient (Wildman–Crippen LogP) is -1.21. The summed E-state index contributed by atoms with van der Waals surface area (Å²) in [6, 6.07) is 12.0. The van der Waals surface area contributed by atoms with Crippen LogP contribution in [-0.4, -0.2) is 124 Å². The molecule has 12 atom stereocenters. The molecule has 2 saturated heterocycles. The van der Waals surface area contributed by atoms with Gasteiger partial charge in [-0.15, -0.1) is 0 Å². The number of aliphatic hydroxyl groups excluding tert-OH is 8. The molecule has 250 valence electrons. The Morgan fingerprint density at radius 2 is 1.07 bits per heavy atom. The molecule has 0 radical (unpaired) electrons. The van der Waals surface area contributed by atoms with Crippen molar-refractivity contribution in [3.63, 3.8) is 0 Å². The Bertz CT molecular complexity index is 1200. The first-order chi connectivity index (χ1) is 20.7. The smallest absolute Gasteiger partial charge is 0.174 e. The third-order valence-electron chi connectivity index (χ3n) is 6.20. The minimum atomic E-state index is -1.69. The molecule has 2 aromatic carbocycles. The summed E-state index contributed by atoms with van der Waals surface area (Å²) in [6.45, 7) is -1.02. The van der Waals surface area contributed by atoms with Crippen LogP contribution in [0.2, 0.25) is 0 Å². The minimum absolute atomic E-state index is 0.466. The fourth-order valence-corrected chi connectivity index (χ4v) is 6.37. The molecule has 2 aliphatic rings. The Morgan fingerprint density at radius 3 is 1.45 bits per heavy atom. The van der Waals surface area contributed by atoms with Crippen molar-refractivity contribution in [2.45, 2.75) is 71.1 Å². The van der Waals surface area contributed by atoms with Crippen molar-refractivity contribution in [1.29, 1.82) is 0 Å². The Balaban J connectivity index is 0.000000250. The lowest BCUT2D eigenvalue weighted by Crippen LogP contribution is -2.63. The van der Waals surface area contributed by atoms with Crippen molar-refractivity contribution in [2.75, 3.05) is 13.2 Å². The fraction of sp³-hybridized carbons (Fsp3) is 0.500. The first-order valence-electron chi connectivity index (χ1n) is 12.5. The van der Waals surface area contributed by atoms with Gasteiger partial charge in [0.25, 0.3) is 0 Å². The van der Waals surface area contributed by atoms with E-state index in [1.807, 2.05) is 12.1 Å². The van der Waals surface area contributed by atoms with Crippen LogP contribution in [0.15, 0.2) is 58.3 Å². The normalized spacial score (nSPS) is 33.2. The van der Waals surface area contributed by atoms with Gasteiger partial charge in [0.2, 0.25) is 0 Å². The van der Waals surface area contributed by atoms with E-state index in [2.05, 4.69) is 54.7 Å². The molecule has 20 heteroatoms. The van der Waals surface area contributed by atoms with Gasteiger partial charge in [-0.2, -0.15) is 0 Å². The van der Waals surface area contributed by atoms with Gasteiger partial charge in [-0.05, 0) is 116 Å². The van der Waals surface area contributed by atoms with Crippen molar-refractivity contribution >= 4 is 88.6 Å². The summed E-state index contributed by atoms with van der Waals surface area (Å²) in [6.07, 6.45) is -10.3. The van der Waals surface area contributed by atoms with Gasteiger partial charge < -0.3 is 50.3 Å². The Labute approximate surface area is 294 Å². The summed E-state index contributed by atoms with van der Waals surface area (Å²) < 4.78 is 37.2. The Morgan fingerprint density at radius 1 is 0.682 bits per heavy atom. The summed E-state index contributed by atoms with van der Waals surface area (Å²) in [5, 5.41) is 75.1. The summed E-state index contributed by atoms with van der Waals surface area (Å²) >= 11 is 9.50. The van der Waals surface area contributed by atoms with Gasteiger partial charge in [-0.1, -0.05) is 0 Å². The molecule has 0 spiro atoms. The number of hydrogen-bond donors (Lipinski definition) is 10. The number of hydrogen-bond acceptors (Lipinski definition) is 13. The molecule has 2 aliphatic heterocycles. The van der Waals surface area contributed by atoms with Crippen LogP contribution >= 0.6 is 67.6 Å². The number of benzene rings is 2. The zero-order chi connectivity index (χ0) is 33.1. The maximum absolute atomic E-state index is 12.2. The van der Waals surface area contributed by atoms with Crippen molar-refractivity contribution in [3.05, 3.63) is 55.7 Å². The van der Waals surface area contributed by atoms with Crippen LogP contribution in [0.25, 0.3) is 0 Å². The zero-order valence-electron chi connectivity index (χ0n) is 22.3. The molecule has 0 amide bonds.